The summed E-state index contributed by atoms with van der Waals surface area (Å²) >= 11 is 5.83. The molecule has 1 heterocycles. The first-order valence-corrected chi connectivity index (χ1v) is 10.5. The number of carbonyl (C=O) groups is 2. The summed E-state index contributed by atoms with van der Waals surface area (Å²) in [6.45, 7) is 1.82. The zero-order valence-corrected chi connectivity index (χ0v) is 18.5. The van der Waals surface area contributed by atoms with Crippen LogP contribution in [0.25, 0.3) is 0 Å². The van der Waals surface area contributed by atoms with Gasteiger partial charge in [-0.2, -0.15) is 0 Å². The predicted octanol–water partition coefficient (Wildman–Crippen LogP) is 3.40. The van der Waals surface area contributed by atoms with E-state index in [-0.39, 0.29) is 18.4 Å². The molecule has 1 aliphatic rings. The molecule has 1 saturated heterocycles. The third kappa shape index (κ3) is 6.28. The molecule has 2 aromatic carbocycles. The highest BCUT2D eigenvalue weighted by molar-refractivity contribution is 6.30. The van der Waals surface area contributed by atoms with Gasteiger partial charge in [-0.15, -0.1) is 0 Å². The van der Waals surface area contributed by atoms with Crippen LogP contribution in [0.1, 0.15) is 23.2 Å². The molecule has 3 rings (SSSR count). The van der Waals surface area contributed by atoms with Crippen molar-refractivity contribution in [3.8, 4) is 17.2 Å². The van der Waals surface area contributed by atoms with Crippen molar-refractivity contribution in [3.05, 3.63) is 53.1 Å². The molecule has 1 fully saturated rings. The Bertz CT molecular complexity index is 895. The van der Waals surface area contributed by atoms with Crippen LogP contribution in [0.3, 0.4) is 0 Å². The molecule has 2 aromatic rings. The van der Waals surface area contributed by atoms with Crippen LogP contribution in [0.4, 0.5) is 0 Å². The summed E-state index contributed by atoms with van der Waals surface area (Å²) < 4.78 is 16.0. The maximum absolute atomic E-state index is 12.8. The number of hydrogen-bond acceptors (Lipinski definition) is 5. The van der Waals surface area contributed by atoms with Gasteiger partial charge in [0.1, 0.15) is 5.75 Å². The Morgan fingerprint density at radius 3 is 2.35 bits per heavy atom. The maximum Gasteiger partial charge on any atom is 0.257 e. The molecule has 0 atom stereocenters. The lowest BCUT2D eigenvalue weighted by molar-refractivity contribution is -0.123. The molecule has 0 saturated carbocycles. The van der Waals surface area contributed by atoms with E-state index in [2.05, 4.69) is 5.32 Å². The molecular formula is C23H27ClN2O5. The molecule has 0 bridgehead atoms. The lowest BCUT2D eigenvalue weighted by atomic mass is 9.96. The SMILES string of the molecule is COc1ccc(C(=O)N2CCC(CNC(=O)COc3ccc(Cl)cc3)CC2)cc1OC. The van der Waals surface area contributed by atoms with Crippen LogP contribution in [0.2, 0.25) is 5.02 Å². The largest absolute Gasteiger partial charge is 0.493 e. The number of hydrogen-bond donors (Lipinski definition) is 1. The van der Waals surface area contributed by atoms with Gasteiger partial charge in [-0.1, -0.05) is 11.6 Å². The fourth-order valence-corrected chi connectivity index (χ4v) is 3.61. The minimum atomic E-state index is -0.168. The Hall–Kier alpha value is -2.93. The predicted molar refractivity (Wildman–Crippen MR) is 118 cm³/mol. The van der Waals surface area contributed by atoms with Gasteiger partial charge in [0.25, 0.3) is 11.8 Å². The summed E-state index contributed by atoms with van der Waals surface area (Å²) in [5.74, 6) is 1.86. The molecule has 7 nitrogen and oxygen atoms in total. The monoisotopic (exact) mass is 446 g/mol. The van der Waals surface area contributed by atoms with Gasteiger partial charge in [0.2, 0.25) is 0 Å². The van der Waals surface area contributed by atoms with Crippen molar-refractivity contribution in [3.63, 3.8) is 0 Å². The lowest BCUT2D eigenvalue weighted by Gasteiger charge is -2.32. The van der Waals surface area contributed by atoms with Crippen LogP contribution in [-0.4, -0.2) is 57.2 Å². The van der Waals surface area contributed by atoms with Crippen molar-refractivity contribution >= 4 is 23.4 Å². The summed E-state index contributed by atoms with van der Waals surface area (Å²) in [4.78, 5) is 26.7. The van der Waals surface area contributed by atoms with Crippen molar-refractivity contribution in [2.75, 3.05) is 40.5 Å². The zero-order valence-electron chi connectivity index (χ0n) is 17.7. The summed E-state index contributed by atoms with van der Waals surface area (Å²) in [7, 11) is 3.11. The van der Waals surface area contributed by atoms with Gasteiger partial charge in [0.05, 0.1) is 14.2 Å². The van der Waals surface area contributed by atoms with Gasteiger partial charge < -0.3 is 24.4 Å². The summed E-state index contributed by atoms with van der Waals surface area (Å²) in [6, 6.07) is 12.1. The second-order valence-corrected chi connectivity index (χ2v) is 7.79. The van der Waals surface area contributed by atoms with E-state index in [0.717, 1.165) is 12.8 Å². The maximum atomic E-state index is 12.8. The standard InChI is InChI=1S/C23H27ClN2O5/c1-29-20-8-3-17(13-21(20)30-2)23(28)26-11-9-16(10-12-26)14-25-22(27)15-31-19-6-4-18(24)5-7-19/h3-8,13,16H,9-12,14-15H2,1-2H3,(H,25,27). The van der Waals surface area contributed by atoms with E-state index in [4.69, 9.17) is 25.8 Å². The number of amides is 2. The number of methoxy groups -OCH3 is 2. The lowest BCUT2D eigenvalue weighted by Crippen LogP contribution is -2.42. The number of benzene rings is 2. The number of piperidine rings is 1. The summed E-state index contributed by atoms with van der Waals surface area (Å²) in [5, 5.41) is 3.53. The number of nitrogens with one attached hydrogen (secondary N) is 1. The van der Waals surface area contributed by atoms with Gasteiger partial charge in [-0.3, -0.25) is 9.59 Å². The van der Waals surface area contributed by atoms with Crippen molar-refractivity contribution in [2.24, 2.45) is 5.92 Å². The van der Waals surface area contributed by atoms with Crippen LogP contribution in [0.15, 0.2) is 42.5 Å². The second kappa shape index (κ2) is 10.9. The van der Waals surface area contributed by atoms with E-state index in [1.54, 1.807) is 56.7 Å². The Morgan fingerprint density at radius 1 is 1.03 bits per heavy atom. The van der Waals surface area contributed by atoms with Gasteiger partial charge in [-0.05, 0) is 61.2 Å². The third-order valence-electron chi connectivity index (χ3n) is 5.30. The fourth-order valence-electron chi connectivity index (χ4n) is 3.48. The molecule has 0 radical (unpaired) electrons. The fraction of sp³-hybridized carbons (Fsp3) is 0.391. The third-order valence-corrected chi connectivity index (χ3v) is 5.56. The van der Waals surface area contributed by atoms with Crippen molar-refractivity contribution in [1.29, 1.82) is 0 Å². The van der Waals surface area contributed by atoms with E-state index in [0.29, 0.717) is 53.4 Å². The highest BCUT2D eigenvalue weighted by Crippen LogP contribution is 2.28. The quantitative estimate of drug-likeness (QED) is 0.672. The number of ether oxygens (including phenoxy) is 3. The zero-order chi connectivity index (χ0) is 22.2. The van der Waals surface area contributed by atoms with Crippen molar-refractivity contribution in [2.45, 2.75) is 12.8 Å². The number of halogens is 1. The number of carbonyl (C=O) groups excluding carboxylic acids is 2. The van der Waals surface area contributed by atoms with Gasteiger partial charge in [0, 0.05) is 30.2 Å². The van der Waals surface area contributed by atoms with E-state index < -0.39 is 0 Å². The Kier molecular flexibility index (Phi) is 8.00. The van der Waals surface area contributed by atoms with E-state index in [1.807, 2.05) is 4.90 Å². The van der Waals surface area contributed by atoms with Crippen molar-refractivity contribution in [1.82, 2.24) is 10.2 Å². The van der Waals surface area contributed by atoms with Crippen LogP contribution >= 0.6 is 11.6 Å². The Balaban J connectivity index is 1.41. The minimum Gasteiger partial charge on any atom is -0.493 e. The molecule has 0 aliphatic carbocycles. The molecule has 166 valence electrons. The summed E-state index contributed by atoms with van der Waals surface area (Å²) in [5.41, 5.74) is 0.573. The molecular weight excluding hydrogens is 420 g/mol. The van der Waals surface area contributed by atoms with Crippen LogP contribution in [0.5, 0.6) is 17.2 Å². The van der Waals surface area contributed by atoms with Gasteiger partial charge in [-0.25, -0.2) is 0 Å². The first-order chi connectivity index (χ1) is 15.0. The van der Waals surface area contributed by atoms with Gasteiger partial charge in [0.15, 0.2) is 18.1 Å². The molecule has 31 heavy (non-hydrogen) atoms. The summed E-state index contributed by atoms with van der Waals surface area (Å²) in [6.07, 6.45) is 1.66. The van der Waals surface area contributed by atoms with Gasteiger partial charge >= 0.3 is 0 Å². The van der Waals surface area contributed by atoms with E-state index >= 15 is 0 Å². The van der Waals surface area contributed by atoms with Crippen LogP contribution in [-0.2, 0) is 4.79 Å². The average molecular weight is 447 g/mol. The highest BCUT2D eigenvalue weighted by atomic mass is 35.5. The topological polar surface area (TPSA) is 77.1 Å². The molecule has 0 spiro atoms. The normalized spacial score (nSPS) is 14.1. The average Bonchev–Trinajstić information content (AvgIpc) is 2.81. The molecule has 8 heteroatoms. The first-order valence-electron chi connectivity index (χ1n) is 10.2. The molecule has 1 aliphatic heterocycles. The second-order valence-electron chi connectivity index (χ2n) is 7.35. The number of likely N-dealkylation sites (tertiary alicyclic amines) is 1. The number of nitrogens with zero attached hydrogens (tertiary/aromatic N) is 1. The molecule has 2 amide bonds. The Morgan fingerprint density at radius 2 is 1.71 bits per heavy atom. The number of rotatable bonds is 8. The van der Waals surface area contributed by atoms with E-state index in [9.17, 15) is 9.59 Å². The molecule has 0 unspecified atom stereocenters. The molecule has 1 N–H and O–H groups in total. The van der Waals surface area contributed by atoms with Crippen LogP contribution < -0.4 is 19.5 Å². The van der Waals surface area contributed by atoms with Crippen LogP contribution in [0, 0.1) is 5.92 Å². The first kappa shape index (κ1) is 22.7. The Labute approximate surface area is 187 Å². The van der Waals surface area contributed by atoms with Crippen molar-refractivity contribution < 1.29 is 23.8 Å². The van der Waals surface area contributed by atoms with E-state index in [1.165, 1.54) is 0 Å². The highest BCUT2D eigenvalue weighted by Gasteiger charge is 2.24. The minimum absolute atomic E-state index is 0.0280. The molecule has 0 aromatic heterocycles. The smallest absolute Gasteiger partial charge is 0.257 e.